The first-order valence-electron chi connectivity index (χ1n) is 17.1. The Balaban J connectivity index is 0.805. The second kappa shape index (κ2) is 12.6. The average molecular weight is 648 g/mol. The van der Waals surface area contributed by atoms with E-state index in [0.29, 0.717) is 36.4 Å². The van der Waals surface area contributed by atoms with Crippen LogP contribution in [0.4, 0.5) is 11.6 Å². The summed E-state index contributed by atoms with van der Waals surface area (Å²) in [5, 5.41) is 10.2. The molecule has 12 nitrogen and oxygen atoms in total. The molecule has 2 aromatic carbocycles. The fourth-order valence-electron chi connectivity index (χ4n) is 7.81. The molecule has 2 N–H and O–H groups in total. The molecule has 248 valence electrons. The predicted octanol–water partition coefficient (Wildman–Crippen LogP) is 3.58. The number of piperidine rings is 3. The van der Waals surface area contributed by atoms with Gasteiger partial charge in [0.05, 0.1) is 12.4 Å². The number of hydrogen-bond acceptors (Lipinski definition) is 9. The quantitative estimate of drug-likeness (QED) is 0.289. The standard InChI is InChI=1S/C36H41N9O3/c1-42-32-20-37-36(40-30(32)19-38-42)39-27-12-16-44(17-13-27)28-5-2-23(3-6-28)21-43-14-10-24(11-15-43)25-4-7-29-26(18-25)22-45(35(29)48)31-8-9-33(46)41-34(31)47/h2-7,18-20,24,27,31H,8-17,21-22H2,1H3,(H,37,39,40)(H,41,46,47). The van der Waals surface area contributed by atoms with Crippen LogP contribution in [-0.2, 0) is 29.7 Å². The summed E-state index contributed by atoms with van der Waals surface area (Å²) < 4.78 is 1.79. The second-order valence-corrected chi connectivity index (χ2v) is 13.7. The third-order valence-electron chi connectivity index (χ3n) is 10.6. The van der Waals surface area contributed by atoms with Crippen molar-refractivity contribution >= 4 is 40.4 Å². The molecule has 2 aromatic heterocycles. The average Bonchev–Trinajstić information content (AvgIpc) is 3.64. The molecule has 3 fully saturated rings. The number of rotatable bonds is 7. The minimum Gasteiger partial charge on any atom is -0.371 e. The second-order valence-electron chi connectivity index (χ2n) is 13.7. The molecule has 12 heteroatoms. The van der Waals surface area contributed by atoms with Gasteiger partial charge in [-0.3, -0.25) is 29.3 Å². The molecule has 48 heavy (non-hydrogen) atoms. The number of imide groups is 1. The monoisotopic (exact) mass is 647 g/mol. The van der Waals surface area contributed by atoms with Crippen molar-refractivity contribution in [2.45, 2.75) is 69.6 Å². The molecule has 0 spiro atoms. The van der Waals surface area contributed by atoms with Crippen molar-refractivity contribution in [1.82, 2.24) is 34.9 Å². The van der Waals surface area contributed by atoms with E-state index in [-0.39, 0.29) is 24.1 Å². The third kappa shape index (κ3) is 6.00. The van der Waals surface area contributed by atoms with E-state index in [2.05, 4.69) is 71.9 Å². The van der Waals surface area contributed by atoms with Gasteiger partial charge in [-0.1, -0.05) is 24.3 Å². The van der Waals surface area contributed by atoms with E-state index < -0.39 is 6.04 Å². The van der Waals surface area contributed by atoms with Crippen LogP contribution >= 0.6 is 0 Å². The largest absolute Gasteiger partial charge is 0.371 e. The normalized spacial score (nSPS) is 21.2. The first-order valence-corrected chi connectivity index (χ1v) is 17.1. The fraction of sp³-hybridized carbons (Fsp3) is 0.444. The number of aryl methyl sites for hydroxylation is 1. The summed E-state index contributed by atoms with van der Waals surface area (Å²) in [6.45, 7) is 5.42. The van der Waals surface area contributed by atoms with Crippen LogP contribution in [-0.4, -0.2) is 85.5 Å². The van der Waals surface area contributed by atoms with Crippen molar-refractivity contribution in [2.75, 3.05) is 36.4 Å². The number of hydrogen-bond donors (Lipinski definition) is 2. The van der Waals surface area contributed by atoms with Gasteiger partial charge in [-0.15, -0.1) is 0 Å². The summed E-state index contributed by atoms with van der Waals surface area (Å²) in [6, 6.07) is 15.0. The Labute approximate surface area is 279 Å². The van der Waals surface area contributed by atoms with Crippen LogP contribution in [0.25, 0.3) is 11.0 Å². The summed E-state index contributed by atoms with van der Waals surface area (Å²) in [5.41, 5.74) is 7.34. The minimum absolute atomic E-state index is 0.112. The van der Waals surface area contributed by atoms with Gasteiger partial charge in [0.15, 0.2) is 0 Å². The van der Waals surface area contributed by atoms with Crippen LogP contribution in [0.2, 0.25) is 0 Å². The lowest BCUT2D eigenvalue weighted by Gasteiger charge is -2.34. The smallest absolute Gasteiger partial charge is 0.255 e. The van der Waals surface area contributed by atoms with Crippen LogP contribution < -0.4 is 15.5 Å². The van der Waals surface area contributed by atoms with Gasteiger partial charge >= 0.3 is 0 Å². The highest BCUT2D eigenvalue weighted by atomic mass is 16.2. The Morgan fingerprint density at radius 2 is 1.71 bits per heavy atom. The van der Waals surface area contributed by atoms with Gasteiger partial charge in [0, 0.05) is 56.9 Å². The molecule has 0 radical (unpaired) electrons. The number of nitrogens with zero attached hydrogens (tertiary/aromatic N) is 7. The van der Waals surface area contributed by atoms with Crippen molar-refractivity contribution in [3.63, 3.8) is 0 Å². The van der Waals surface area contributed by atoms with E-state index >= 15 is 0 Å². The maximum atomic E-state index is 13.1. The first-order chi connectivity index (χ1) is 23.4. The van der Waals surface area contributed by atoms with E-state index in [4.69, 9.17) is 0 Å². The summed E-state index contributed by atoms with van der Waals surface area (Å²) in [4.78, 5) is 52.8. The maximum absolute atomic E-state index is 13.1. The molecule has 1 atom stereocenters. The van der Waals surface area contributed by atoms with Crippen LogP contribution in [0, 0.1) is 0 Å². The highest BCUT2D eigenvalue weighted by Crippen LogP contribution is 2.34. The number of fused-ring (bicyclic) bond motifs is 2. The van der Waals surface area contributed by atoms with Crippen molar-refractivity contribution in [1.29, 1.82) is 0 Å². The topological polar surface area (TPSA) is 129 Å². The van der Waals surface area contributed by atoms with E-state index in [0.717, 1.165) is 75.0 Å². The molecule has 4 aromatic rings. The molecule has 0 aliphatic carbocycles. The third-order valence-corrected chi connectivity index (χ3v) is 10.6. The predicted molar refractivity (Wildman–Crippen MR) is 181 cm³/mol. The number of carbonyl (C=O) groups excluding carboxylic acids is 3. The molecule has 1 unspecified atom stereocenters. The van der Waals surface area contributed by atoms with Crippen LogP contribution in [0.15, 0.2) is 54.9 Å². The number of likely N-dealkylation sites (tertiary alicyclic amines) is 1. The zero-order chi connectivity index (χ0) is 32.8. The molecular formula is C36H41N9O3. The number of anilines is 2. The van der Waals surface area contributed by atoms with Gasteiger partial charge in [-0.2, -0.15) is 5.10 Å². The molecule has 4 aliphatic heterocycles. The molecule has 0 bridgehead atoms. The van der Waals surface area contributed by atoms with Crippen molar-refractivity contribution in [3.05, 3.63) is 77.1 Å². The number of benzene rings is 2. The van der Waals surface area contributed by atoms with E-state index in [1.165, 1.54) is 16.8 Å². The number of nitrogens with one attached hydrogen (secondary N) is 2. The number of aromatic nitrogens is 4. The lowest BCUT2D eigenvalue weighted by atomic mass is 9.87. The summed E-state index contributed by atoms with van der Waals surface area (Å²) in [7, 11) is 1.90. The van der Waals surface area contributed by atoms with E-state index in [1.807, 2.05) is 19.3 Å². The molecule has 3 amide bonds. The Kier molecular flexibility index (Phi) is 8.03. The highest BCUT2D eigenvalue weighted by Gasteiger charge is 2.39. The zero-order valence-electron chi connectivity index (χ0n) is 27.3. The minimum atomic E-state index is -0.576. The first kappa shape index (κ1) is 30.5. The summed E-state index contributed by atoms with van der Waals surface area (Å²) in [6.07, 6.45) is 8.47. The Morgan fingerprint density at radius 3 is 2.48 bits per heavy atom. The highest BCUT2D eigenvalue weighted by molar-refractivity contribution is 6.05. The van der Waals surface area contributed by atoms with Crippen LogP contribution in [0.1, 0.15) is 71.5 Å². The van der Waals surface area contributed by atoms with Gasteiger partial charge in [-0.25, -0.2) is 9.97 Å². The lowest BCUT2D eigenvalue weighted by molar-refractivity contribution is -0.136. The summed E-state index contributed by atoms with van der Waals surface area (Å²) >= 11 is 0. The van der Waals surface area contributed by atoms with Gasteiger partial charge in [0.2, 0.25) is 17.8 Å². The van der Waals surface area contributed by atoms with Gasteiger partial charge in [0.25, 0.3) is 5.91 Å². The van der Waals surface area contributed by atoms with Crippen LogP contribution in [0.3, 0.4) is 0 Å². The Morgan fingerprint density at radius 1 is 0.917 bits per heavy atom. The van der Waals surface area contributed by atoms with Gasteiger partial charge in [-0.05, 0) is 86.0 Å². The molecule has 0 saturated carbocycles. The van der Waals surface area contributed by atoms with Crippen molar-refractivity contribution in [2.24, 2.45) is 7.05 Å². The molecule has 4 aliphatic rings. The zero-order valence-corrected chi connectivity index (χ0v) is 27.3. The fourth-order valence-corrected chi connectivity index (χ4v) is 7.81. The molecular weight excluding hydrogens is 606 g/mol. The summed E-state index contributed by atoms with van der Waals surface area (Å²) in [5.74, 6) is 0.382. The van der Waals surface area contributed by atoms with E-state index in [9.17, 15) is 14.4 Å². The van der Waals surface area contributed by atoms with Gasteiger partial charge < -0.3 is 15.1 Å². The van der Waals surface area contributed by atoms with Crippen LogP contribution in [0.5, 0.6) is 0 Å². The number of amides is 3. The number of carbonyl (C=O) groups is 3. The Hall–Kier alpha value is -4.84. The Bertz CT molecular complexity index is 1860. The van der Waals surface area contributed by atoms with Crippen molar-refractivity contribution < 1.29 is 14.4 Å². The lowest BCUT2D eigenvalue weighted by Crippen LogP contribution is -2.52. The molecule has 8 rings (SSSR count). The van der Waals surface area contributed by atoms with Crippen molar-refractivity contribution in [3.8, 4) is 0 Å². The SMILES string of the molecule is Cn1ncc2nc(NC3CCN(c4ccc(CN5CCC(c6ccc7c(c6)CN(C6CCC(=O)NC6=O)C7=O)CC5)cc4)CC3)ncc21. The molecule has 3 saturated heterocycles. The molecule has 6 heterocycles. The van der Waals surface area contributed by atoms with Gasteiger partial charge in [0.1, 0.15) is 17.1 Å². The van der Waals surface area contributed by atoms with E-state index in [1.54, 1.807) is 15.8 Å². The maximum Gasteiger partial charge on any atom is 0.255 e.